The quantitative estimate of drug-likeness (QED) is 0.776. The number of nitrogens with zero attached hydrogens (tertiary/aromatic N) is 1. The molecule has 0 spiro atoms. The highest BCUT2D eigenvalue weighted by molar-refractivity contribution is 5.97. The second-order valence-electron chi connectivity index (χ2n) is 5.95. The van der Waals surface area contributed by atoms with Crippen LogP contribution in [0.3, 0.4) is 0 Å². The molecule has 0 N–H and O–H groups in total. The van der Waals surface area contributed by atoms with Gasteiger partial charge in [0.25, 0.3) is 5.91 Å². The maximum absolute atomic E-state index is 12.4. The van der Waals surface area contributed by atoms with E-state index < -0.39 is 0 Å². The highest BCUT2D eigenvalue weighted by Crippen LogP contribution is 2.31. The van der Waals surface area contributed by atoms with E-state index in [4.69, 9.17) is 0 Å². The predicted octanol–water partition coefficient (Wildman–Crippen LogP) is 3.78. The molecule has 98 valence electrons. The first-order valence-corrected chi connectivity index (χ1v) is 6.86. The van der Waals surface area contributed by atoms with Gasteiger partial charge in [0.05, 0.1) is 0 Å². The van der Waals surface area contributed by atoms with Crippen LogP contribution >= 0.6 is 0 Å². The smallest absolute Gasteiger partial charge is 0.254 e. The summed E-state index contributed by atoms with van der Waals surface area (Å²) in [7, 11) is 0. The van der Waals surface area contributed by atoms with Gasteiger partial charge in [-0.15, -0.1) is 0 Å². The van der Waals surface area contributed by atoms with Crippen molar-refractivity contribution < 1.29 is 4.79 Å². The third-order valence-corrected chi connectivity index (χ3v) is 3.86. The molecule has 1 aliphatic rings. The standard InChI is InChI=1S/C16H23NO/c1-10(2)13-6-7-14-15(8-13)12(5)9-17(11(3)4)16(14)18/h6-8,10-12H,9H2,1-5H3. The molecule has 2 rings (SSSR count). The first-order chi connectivity index (χ1) is 8.41. The van der Waals surface area contributed by atoms with Gasteiger partial charge in [0.2, 0.25) is 0 Å². The Morgan fingerprint density at radius 2 is 1.89 bits per heavy atom. The summed E-state index contributed by atoms with van der Waals surface area (Å²) in [4.78, 5) is 14.4. The average molecular weight is 245 g/mol. The maximum Gasteiger partial charge on any atom is 0.254 e. The van der Waals surface area contributed by atoms with E-state index in [1.807, 2.05) is 11.0 Å². The van der Waals surface area contributed by atoms with Crippen LogP contribution in [0.15, 0.2) is 18.2 Å². The molecule has 0 aliphatic carbocycles. The summed E-state index contributed by atoms with van der Waals surface area (Å²) >= 11 is 0. The van der Waals surface area contributed by atoms with Crippen LogP contribution in [0.5, 0.6) is 0 Å². The van der Waals surface area contributed by atoms with Gasteiger partial charge in [0.1, 0.15) is 0 Å². The molecule has 0 fully saturated rings. The summed E-state index contributed by atoms with van der Waals surface area (Å²) in [5, 5.41) is 0. The first kappa shape index (κ1) is 13.1. The van der Waals surface area contributed by atoms with Crippen LogP contribution in [0.25, 0.3) is 0 Å². The van der Waals surface area contributed by atoms with Crippen LogP contribution in [-0.4, -0.2) is 23.4 Å². The predicted molar refractivity (Wildman–Crippen MR) is 75.1 cm³/mol. The minimum absolute atomic E-state index is 0.188. The zero-order valence-electron chi connectivity index (χ0n) is 12.0. The molecule has 1 atom stereocenters. The van der Waals surface area contributed by atoms with Crippen molar-refractivity contribution in [2.24, 2.45) is 0 Å². The molecular weight excluding hydrogens is 222 g/mol. The van der Waals surface area contributed by atoms with Gasteiger partial charge in [-0.1, -0.05) is 32.9 Å². The fourth-order valence-corrected chi connectivity index (χ4v) is 2.62. The van der Waals surface area contributed by atoms with Gasteiger partial charge in [0.15, 0.2) is 0 Å². The largest absolute Gasteiger partial charge is 0.336 e. The molecule has 0 saturated carbocycles. The molecule has 2 nitrogen and oxygen atoms in total. The molecule has 1 amide bonds. The van der Waals surface area contributed by atoms with Crippen LogP contribution in [0, 0.1) is 0 Å². The van der Waals surface area contributed by atoms with E-state index in [0.29, 0.717) is 11.8 Å². The SMILES string of the molecule is CC(C)c1ccc2c(c1)C(C)CN(C(C)C)C2=O. The zero-order chi connectivity index (χ0) is 13.4. The Balaban J connectivity index is 2.45. The Bertz CT molecular complexity index is 462. The number of rotatable bonds is 2. The molecule has 0 saturated heterocycles. The topological polar surface area (TPSA) is 20.3 Å². The van der Waals surface area contributed by atoms with Gasteiger partial charge >= 0.3 is 0 Å². The molecular formula is C16H23NO. The summed E-state index contributed by atoms with van der Waals surface area (Å²) in [5.41, 5.74) is 3.45. The molecule has 1 aromatic rings. The van der Waals surface area contributed by atoms with Crippen LogP contribution in [0.2, 0.25) is 0 Å². The third kappa shape index (κ3) is 2.16. The Kier molecular flexibility index (Phi) is 3.47. The summed E-state index contributed by atoms with van der Waals surface area (Å²) in [6.07, 6.45) is 0. The second kappa shape index (κ2) is 4.75. The van der Waals surface area contributed by atoms with Crippen LogP contribution < -0.4 is 0 Å². The summed E-state index contributed by atoms with van der Waals surface area (Å²) < 4.78 is 0. The molecule has 2 heteroatoms. The number of hydrogen-bond acceptors (Lipinski definition) is 1. The Morgan fingerprint density at radius 1 is 1.22 bits per heavy atom. The summed E-state index contributed by atoms with van der Waals surface area (Å²) in [5.74, 6) is 1.13. The van der Waals surface area contributed by atoms with Gasteiger partial charge in [-0.3, -0.25) is 4.79 Å². The number of amides is 1. The highest BCUT2D eigenvalue weighted by atomic mass is 16.2. The lowest BCUT2D eigenvalue weighted by molar-refractivity contribution is 0.0670. The van der Waals surface area contributed by atoms with Crippen molar-refractivity contribution in [2.75, 3.05) is 6.54 Å². The van der Waals surface area contributed by atoms with E-state index in [1.54, 1.807) is 0 Å². The molecule has 0 aromatic heterocycles. The Morgan fingerprint density at radius 3 is 2.44 bits per heavy atom. The minimum atomic E-state index is 0.188. The van der Waals surface area contributed by atoms with Crippen molar-refractivity contribution in [2.45, 2.75) is 52.5 Å². The lowest BCUT2D eigenvalue weighted by atomic mass is 9.86. The summed E-state index contributed by atoms with van der Waals surface area (Å²) in [6, 6.07) is 6.61. The van der Waals surface area contributed by atoms with Crippen molar-refractivity contribution in [1.82, 2.24) is 4.90 Å². The highest BCUT2D eigenvalue weighted by Gasteiger charge is 2.30. The molecule has 1 aliphatic heterocycles. The van der Waals surface area contributed by atoms with Gasteiger partial charge in [-0.2, -0.15) is 0 Å². The number of carbonyl (C=O) groups is 1. The van der Waals surface area contributed by atoms with Crippen molar-refractivity contribution in [1.29, 1.82) is 0 Å². The van der Waals surface area contributed by atoms with Crippen LogP contribution in [-0.2, 0) is 0 Å². The fourth-order valence-electron chi connectivity index (χ4n) is 2.62. The molecule has 0 bridgehead atoms. The van der Waals surface area contributed by atoms with Crippen LogP contribution in [0.4, 0.5) is 0 Å². The number of hydrogen-bond donors (Lipinski definition) is 0. The summed E-state index contributed by atoms with van der Waals surface area (Å²) in [6.45, 7) is 11.6. The van der Waals surface area contributed by atoms with Gasteiger partial charge in [-0.25, -0.2) is 0 Å². The second-order valence-corrected chi connectivity index (χ2v) is 5.95. The monoisotopic (exact) mass is 245 g/mol. The molecule has 1 unspecified atom stereocenters. The van der Waals surface area contributed by atoms with Crippen molar-refractivity contribution in [3.8, 4) is 0 Å². The molecule has 1 heterocycles. The van der Waals surface area contributed by atoms with Gasteiger partial charge in [0, 0.05) is 18.2 Å². The van der Waals surface area contributed by atoms with E-state index >= 15 is 0 Å². The van der Waals surface area contributed by atoms with E-state index in [9.17, 15) is 4.79 Å². The lowest BCUT2D eigenvalue weighted by Crippen LogP contribution is -2.43. The fraction of sp³-hybridized carbons (Fsp3) is 0.562. The molecule has 18 heavy (non-hydrogen) atoms. The number of fused-ring (bicyclic) bond motifs is 1. The Labute approximate surface area is 110 Å². The number of benzene rings is 1. The molecule has 0 radical (unpaired) electrons. The van der Waals surface area contributed by atoms with E-state index in [0.717, 1.165) is 12.1 Å². The van der Waals surface area contributed by atoms with E-state index in [-0.39, 0.29) is 11.9 Å². The van der Waals surface area contributed by atoms with Crippen LogP contribution in [0.1, 0.15) is 67.9 Å². The lowest BCUT2D eigenvalue weighted by Gasteiger charge is -2.36. The zero-order valence-corrected chi connectivity index (χ0v) is 12.0. The normalized spacial score (nSPS) is 19.6. The minimum Gasteiger partial charge on any atom is -0.336 e. The maximum atomic E-state index is 12.4. The molecule has 1 aromatic carbocycles. The van der Waals surface area contributed by atoms with Crippen molar-refractivity contribution >= 4 is 5.91 Å². The van der Waals surface area contributed by atoms with E-state index in [1.165, 1.54) is 11.1 Å². The first-order valence-electron chi connectivity index (χ1n) is 6.86. The van der Waals surface area contributed by atoms with Gasteiger partial charge in [-0.05, 0) is 42.9 Å². The average Bonchev–Trinajstić information content (AvgIpc) is 2.32. The van der Waals surface area contributed by atoms with E-state index in [2.05, 4.69) is 46.8 Å². The third-order valence-electron chi connectivity index (χ3n) is 3.86. The Hall–Kier alpha value is -1.31. The van der Waals surface area contributed by atoms with Gasteiger partial charge < -0.3 is 4.90 Å². The number of carbonyl (C=O) groups excluding carboxylic acids is 1. The van der Waals surface area contributed by atoms with Crippen molar-refractivity contribution in [3.05, 3.63) is 34.9 Å². The van der Waals surface area contributed by atoms with Crippen molar-refractivity contribution in [3.63, 3.8) is 0 Å².